The van der Waals surface area contributed by atoms with Gasteiger partial charge in [-0.3, -0.25) is 0 Å². The molecular formula is C13H19NO. The van der Waals surface area contributed by atoms with E-state index in [0.717, 1.165) is 23.8 Å². The summed E-state index contributed by atoms with van der Waals surface area (Å²) >= 11 is 0. The van der Waals surface area contributed by atoms with Crippen molar-refractivity contribution >= 4 is 0 Å². The van der Waals surface area contributed by atoms with Crippen LogP contribution in [0.5, 0.6) is 5.75 Å². The van der Waals surface area contributed by atoms with Gasteiger partial charge < -0.3 is 10.5 Å². The van der Waals surface area contributed by atoms with Crippen molar-refractivity contribution in [3.8, 4) is 5.75 Å². The summed E-state index contributed by atoms with van der Waals surface area (Å²) < 4.78 is 5.82. The summed E-state index contributed by atoms with van der Waals surface area (Å²) in [5.41, 5.74) is 8.25. The Bertz CT molecular complexity index is 342. The third kappa shape index (κ3) is 2.72. The lowest BCUT2D eigenvalue weighted by atomic mass is 10.1. The number of aryl methyl sites for hydroxylation is 1. The Labute approximate surface area is 91.4 Å². The molecule has 1 fully saturated rings. The summed E-state index contributed by atoms with van der Waals surface area (Å²) in [6.45, 7) is 4.92. The Balaban J connectivity index is 2.13. The van der Waals surface area contributed by atoms with Crippen LogP contribution in [0.2, 0.25) is 0 Å². The first-order valence-corrected chi connectivity index (χ1v) is 5.65. The number of hydrogen-bond acceptors (Lipinski definition) is 2. The van der Waals surface area contributed by atoms with Gasteiger partial charge >= 0.3 is 0 Å². The zero-order chi connectivity index (χ0) is 10.8. The predicted octanol–water partition coefficient (Wildman–Crippen LogP) is 2.80. The van der Waals surface area contributed by atoms with Crippen LogP contribution in [0.15, 0.2) is 18.2 Å². The van der Waals surface area contributed by atoms with Crippen LogP contribution in [0.3, 0.4) is 0 Å². The minimum Gasteiger partial charge on any atom is -0.493 e. The lowest BCUT2D eigenvalue weighted by Crippen LogP contribution is -2.09. The molecule has 2 nitrogen and oxygen atoms in total. The first kappa shape index (κ1) is 10.5. The van der Waals surface area contributed by atoms with Crippen molar-refractivity contribution in [3.63, 3.8) is 0 Å². The number of nitrogens with two attached hydrogens (primary N) is 1. The van der Waals surface area contributed by atoms with E-state index >= 15 is 0 Å². The Morgan fingerprint density at radius 2 is 2.20 bits per heavy atom. The zero-order valence-corrected chi connectivity index (χ0v) is 9.49. The van der Waals surface area contributed by atoms with Crippen LogP contribution in [0.1, 0.15) is 36.9 Å². The molecule has 0 spiro atoms. The van der Waals surface area contributed by atoms with Gasteiger partial charge in [-0.1, -0.05) is 12.1 Å². The molecule has 0 amide bonds. The van der Waals surface area contributed by atoms with Gasteiger partial charge in [-0.25, -0.2) is 0 Å². The highest BCUT2D eigenvalue weighted by molar-refractivity contribution is 5.38. The van der Waals surface area contributed by atoms with Gasteiger partial charge in [0.2, 0.25) is 0 Å². The normalized spacial score (nSPS) is 17.5. The standard InChI is InChI=1S/C13H19NO/c1-9-3-6-12(10(2)14)13(7-9)15-8-11-4-5-11/h3,6-7,10-11H,4-5,8,14H2,1-2H3/t10-/m0/s1. The molecule has 1 aromatic rings. The van der Waals surface area contributed by atoms with Crippen molar-refractivity contribution in [1.82, 2.24) is 0 Å². The SMILES string of the molecule is Cc1ccc([C@H](C)N)c(OCC2CC2)c1. The maximum Gasteiger partial charge on any atom is 0.124 e. The van der Waals surface area contributed by atoms with Crippen molar-refractivity contribution < 1.29 is 4.74 Å². The van der Waals surface area contributed by atoms with Crippen LogP contribution in [0.25, 0.3) is 0 Å². The smallest absolute Gasteiger partial charge is 0.124 e. The maximum absolute atomic E-state index is 5.91. The van der Waals surface area contributed by atoms with Crippen LogP contribution in [0, 0.1) is 12.8 Å². The Hall–Kier alpha value is -1.02. The van der Waals surface area contributed by atoms with E-state index in [0.29, 0.717) is 0 Å². The van der Waals surface area contributed by atoms with Gasteiger partial charge in [-0.2, -0.15) is 0 Å². The molecule has 1 aromatic carbocycles. The number of ether oxygens (including phenoxy) is 1. The number of rotatable bonds is 4. The first-order chi connectivity index (χ1) is 7.16. The van der Waals surface area contributed by atoms with Crippen LogP contribution in [-0.4, -0.2) is 6.61 Å². The van der Waals surface area contributed by atoms with Gasteiger partial charge in [0.05, 0.1) is 6.61 Å². The summed E-state index contributed by atoms with van der Waals surface area (Å²) in [6, 6.07) is 6.28. The van der Waals surface area contributed by atoms with Crippen LogP contribution in [-0.2, 0) is 0 Å². The van der Waals surface area contributed by atoms with Gasteiger partial charge in [-0.15, -0.1) is 0 Å². The van der Waals surface area contributed by atoms with E-state index in [2.05, 4.69) is 25.1 Å². The van der Waals surface area contributed by atoms with Gasteiger partial charge in [0.15, 0.2) is 0 Å². The fourth-order valence-electron chi connectivity index (χ4n) is 1.63. The molecule has 1 saturated carbocycles. The van der Waals surface area contributed by atoms with E-state index in [4.69, 9.17) is 10.5 Å². The molecular weight excluding hydrogens is 186 g/mol. The van der Waals surface area contributed by atoms with Crippen molar-refractivity contribution in [2.45, 2.75) is 32.7 Å². The van der Waals surface area contributed by atoms with Crippen LogP contribution in [0.4, 0.5) is 0 Å². The molecule has 0 saturated heterocycles. The van der Waals surface area contributed by atoms with Gasteiger partial charge in [0, 0.05) is 11.6 Å². The van der Waals surface area contributed by atoms with Crippen LogP contribution >= 0.6 is 0 Å². The molecule has 1 aliphatic carbocycles. The molecule has 2 N–H and O–H groups in total. The van der Waals surface area contributed by atoms with Gasteiger partial charge in [0.25, 0.3) is 0 Å². The van der Waals surface area contributed by atoms with Gasteiger partial charge in [0.1, 0.15) is 5.75 Å². The first-order valence-electron chi connectivity index (χ1n) is 5.65. The molecule has 1 atom stereocenters. The quantitative estimate of drug-likeness (QED) is 0.820. The molecule has 0 unspecified atom stereocenters. The van der Waals surface area contributed by atoms with E-state index < -0.39 is 0 Å². The van der Waals surface area contributed by atoms with E-state index in [9.17, 15) is 0 Å². The third-order valence-corrected chi connectivity index (χ3v) is 2.83. The average molecular weight is 205 g/mol. The minimum absolute atomic E-state index is 0.0415. The summed E-state index contributed by atoms with van der Waals surface area (Å²) in [5.74, 6) is 1.75. The molecule has 2 heteroatoms. The second-order valence-electron chi connectivity index (χ2n) is 4.58. The van der Waals surface area contributed by atoms with E-state index in [1.165, 1.54) is 18.4 Å². The van der Waals surface area contributed by atoms with Crippen molar-refractivity contribution in [2.24, 2.45) is 11.7 Å². The van der Waals surface area contributed by atoms with Crippen molar-refractivity contribution in [2.75, 3.05) is 6.61 Å². The summed E-state index contributed by atoms with van der Waals surface area (Å²) in [5, 5.41) is 0. The summed E-state index contributed by atoms with van der Waals surface area (Å²) in [7, 11) is 0. The topological polar surface area (TPSA) is 35.2 Å². The molecule has 82 valence electrons. The maximum atomic E-state index is 5.91. The van der Waals surface area contributed by atoms with E-state index in [1.54, 1.807) is 0 Å². The lowest BCUT2D eigenvalue weighted by Gasteiger charge is -2.14. The zero-order valence-electron chi connectivity index (χ0n) is 9.49. The molecule has 0 aromatic heterocycles. The summed E-state index contributed by atoms with van der Waals surface area (Å²) in [4.78, 5) is 0. The molecule has 0 bridgehead atoms. The van der Waals surface area contributed by atoms with E-state index in [1.807, 2.05) is 6.92 Å². The molecule has 0 heterocycles. The monoisotopic (exact) mass is 205 g/mol. The van der Waals surface area contributed by atoms with E-state index in [-0.39, 0.29) is 6.04 Å². The van der Waals surface area contributed by atoms with Crippen molar-refractivity contribution in [1.29, 1.82) is 0 Å². The molecule has 0 aliphatic heterocycles. The highest BCUT2D eigenvalue weighted by atomic mass is 16.5. The molecule has 0 radical (unpaired) electrons. The summed E-state index contributed by atoms with van der Waals surface area (Å²) in [6.07, 6.45) is 2.64. The van der Waals surface area contributed by atoms with Crippen molar-refractivity contribution in [3.05, 3.63) is 29.3 Å². The fraction of sp³-hybridized carbons (Fsp3) is 0.538. The fourth-order valence-corrected chi connectivity index (χ4v) is 1.63. The lowest BCUT2D eigenvalue weighted by molar-refractivity contribution is 0.295. The highest BCUT2D eigenvalue weighted by Gasteiger charge is 2.22. The number of hydrogen-bond donors (Lipinski definition) is 1. The minimum atomic E-state index is 0.0415. The average Bonchev–Trinajstić information content (AvgIpc) is 2.97. The van der Waals surface area contributed by atoms with Gasteiger partial charge in [-0.05, 0) is 44.2 Å². The Morgan fingerprint density at radius 3 is 2.80 bits per heavy atom. The Morgan fingerprint density at radius 1 is 1.47 bits per heavy atom. The largest absolute Gasteiger partial charge is 0.493 e. The number of benzene rings is 1. The Kier molecular flexibility index (Phi) is 2.96. The highest BCUT2D eigenvalue weighted by Crippen LogP contribution is 2.31. The second-order valence-corrected chi connectivity index (χ2v) is 4.58. The second kappa shape index (κ2) is 4.23. The molecule has 2 rings (SSSR count). The third-order valence-electron chi connectivity index (χ3n) is 2.83. The molecule has 15 heavy (non-hydrogen) atoms. The predicted molar refractivity (Wildman–Crippen MR) is 62.0 cm³/mol. The van der Waals surface area contributed by atoms with Crippen LogP contribution < -0.4 is 10.5 Å². The molecule has 1 aliphatic rings.